The molecule has 0 rings (SSSR count). The lowest BCUT2D eigenvalue weighted by Crippen LogP contribution is -2.40. The number of methoxy groups -OCH3 is 3. The minimum absolute atomic E-state index is 0.00171. The monoisotopic (exact) mass is 254 g/mol. The van der Waals surface area contributed by atoms with E-state index >= 15 is 0 Å². The third kappa shape index (κ3) is 3.90. The molecule has 0 unspecified atom stereocenters. The number of hydrogen-bond acceptors (Lipinski definition) is 5. The molecule has 5 nitrogen and oxygen atoms in total. The number of rotatable bonds is 6. The Morgan fingerprint density at radius 1 is 1.17 bits per heavy atom. The van der Waals surface area contributed by atoms with Gasteiger partial charge in [0.1, 0.15) is 6.61 Å². The van der Waals surface area contributed by atoms with Gasteiger partial charge < -0.3 is 14.2 Å². The molecular formula is C13H18O5. The molecule has 0 aromatic heterocycles. The number of ether oxygens (including phenoxy) is 3. The number of allylic oxidation sites excluding steroid dienone is 1. The SMILES string of the molecule is C=CCC(CC#CCOC)(C(=O)OC)C(=O)OC. The van der Waals surface area contributed by atoms with Crippen molar-refractivity contribution in [3.05, 3.63) is 12.7 Å². The first-order valence-electron chi connectivity index (χ1n) is 5.31. The molecule has 0 bridgehead atoms. The maximum absolute atomic E-state index is 11.8. The molecule has 0 N–H and O–H groups in total. The van der Waals surface area contributed by atoms with Crippen LogP contribution in [0.25, 0.3) is 0 Å². The van der Waals surface area contributed by atoms with Gasteiger partial charge in [-0.25, -0.2) is 0 Å². The Hall–Kier alpha value is -1.80. The molecule has 100 valence electrons. The van der Waals surface area contributed by atoms with Crippen LogP contribution >= 0.6 is 0 Å². The van der Waals surface area contributed by atoms with Gasteiger partial charge in [0.15, 0.2) is 5.41 Å². The van der Waals surface area contributed by atoms with Crippen molar-refractivity contribution in [2.75, 3.05) is 27.9 Å². The lowest BCUT2D eigenvalue weighted by molar-refractivity contribution is -0.168. The van der Waals surface area contributed by atoms with E-state index in [1.54, 1.807) is 0 Å². The number of carbonyl (C=O) groups is 2. The van der Waals surface area contributed by atoms with E-state index in [1.165, 1.54) is 27.4 Å². The normalized spacial score (nSPS) is 9.94. The minimum atomic E-state index is -1.45. The Morgan fingerprint density at radius 2 is 1.72 bits per heavy atom. The topological polar surface area (TPSA) is 61.8 Å². The van der Waals surface area contributed by atoms with Crippen LogP contribution < -0.4 is 0 Å². The van der Waals surface area contributed by atoms with Gasteiger partial charge in [-0.1, -0.05) is 17.9 Å². The molecule has 0 aromatic carbocycles. The quantitative estimate of drug-likeness (QED) is 0.305. The molecular weight excluding hydrogens is 236 g/mol. The van der Waals surface area contributed by atoms with E-state index < -0.39 is 17.4 Å². The Bertz CT molecular complexity index is 345. The highest BCUT2D eigenvalue weighted by Crippen LogP contribution is 2.30. The average molecular weight is 254 g/mol. The van der Waals surface area contributed by atoms with Crippen LogP contribution in [0.4, 0.5) is 0 Å². The molecule has 0 aliphatic rings. The van der Waals surface area contributed by atoms with Crippen molar-refractivity contribution >= 4 is 11.9 Å². The second-order valence-electron chi connectivity index (χ2n) is 3.52. The molecule has 0 aliphatic heterocycles. The largest absolute Gasteiger partial charge is 0.468 e. The lowest BCUT2D eigenvalue weighted by atomic mass is 9.81. The summed E-state index contributed by atoms with van der Waals surface area (Å²) in [6, 6.07) is 0. The van der Waals surface area contributed by atoms with Crippen LogP contribution in [0.3, 0.4) is 0 Å². The summed E-state index contributed by atoms with van der Waals surface area (Å²) in [7, 11) is 3.93. The molecule has 0 heterocycles. The van der Waals surface area contributed by atoms with Crippen LogP contribution in [0.15, 0.2) is 12.7 Å². The zero-order valence-corrected chi connectivity index (χ0v) is 10.9. The summed E-state index contributed by atoms with van der Waals surface area (Å²) in [6.45, 7) is 3.76. The summed E-state index contributed by atoms with van der Waals surface area (Å²) < 4.78 is 14.1. The zero-order chi connectivity index (χ0) is 14.0. The third-order valence-corrected chi connectivity index (χ3v) is 2.38. The molecule has 0 aromatic rings. The lowest BCUT2D eigenvalue weighted by Gasteiger charge is -2.24. The molecule has 18 heavy (non-hydrogen) atoms. The van der Waals surface area contributed by atoms with Crippen LogP contribution in [0.2, 0.25) is 0 Å². The summed E-state index contributed by atoms with van der Waals surface area (Å²) in [5, 5.41) is 0. The predicted molar refractivity (Wildman–Crippen MR) is 65.5 cm³/mol. The van der Waals surface area contributed by atoms with Gasteiger partial charge in [0.25, 0.3) is 0 Å². The third-order valence-electron chi connectivity index (χ3n) is 2.38. The molecule has 0 fully saturated rings. The molecule has 0 aliphatic carbocycles. The second kappa shape index (κ2) is 8.31. The molecule has 5 heteroatoms. The van der Waals surface area contributed by atoms with Gasteiger partial charge in [-0.2, -0.15) is 0 Å². The summed E-state index contributed by atoms with van der Waals surface area (Å²) in [5.74, 6) is 4.04. The first kappa shape index (κ1) is 16.2. The van der Waals surface area contributed by atoms with Crippen molar-refractivity contribution < 1.29 is 23.8 Å². The Kier molecular flexibility index (Phi) is 7.48. The van der Waals surface area contributed by atoms with Crippen molar-refractivity contribution in [1.82, 2.24) is 0 Å². The van der Waals surface area contributed by atoms with Crippen LogP contribution in [0.1, 0.15) is 12.8 Å². The van der Waals surface area contributed by atoms with Gasteiger partial charge in [-0.15, -0.1) is 6.58 Å². The Morgan fingerprint density at radius 3 is 2.11 bits per heavy atom. The zero-order valence-electron chi connectivity index (χ0n) is 10.9. The molecule has 0 saturated carbocycles. The number of carbonyl (C=O) groups excluding carboxylic acids is 2. The molecule has 0 atom stereocenters. The fourth-order valence-corrected chi connectivity index (χ4v) is 1.44. The van der Waals surface area contributed by atoms with Gasteiger partial charge in [0.05, 0.1) is 14.2 Å². The highest BCUT2D eigenvalue weighted by Gasteiger charge is 2.46. The van der Waals surface area contributed by atoms with E-state index in [4.69, 9.17) is 4.74 Å². The van der Waals surface area contributed by atoms with Crippen molar-refractivity contribution in [3.63, 3.8) is 0 Å². The highest BCUT2D eigenvalue weighted by molar-refractivity contribution is 6.00. The highest BCUT2D eigenvalue weighted by atomic mass is 16.5. The van der Waals surface area contributed by atoms with Gasteiger partial charge >= 0.3 is 11.9 Å². The Labute approximate surface area is 107 Å². The van der Waals surface area contributed by atoms with Crippen molar-refractivity contribution in [3.8, 4) is 11.8 Å². The second-order valence-corrected chi connectivity index (χ2v) is 3.52. The number of hydrogen-bond donors (Lipinski definition) is 0. The predicted octanol–water partition coefficient (Wildman–Crippen LogP) is 0.935. The van der Waals surface area contributed by atoms with Gasteiger partial charge in [0, 0.05) is 13.5 Å². The number of esters is 2. The van der Waals surface area contributed by atoms with E-state index in [9.17, 15) is 9.59 Å². The summed E-state index contributed by atoms with van der Waals surface area (Å²) >= 11 is 0. The fraction of sp³-hybridized carbons (Fsp3) is 0.538. The Balaban J connectivity index is 5.21. The molecule has 0 spiro atoms. The molecule has 0 radical (unpaired) electrons. The van der Waals surface area contributed by atoms with E-state index in [1.807, 2.05) is 0 Å². The van der Waals surface area contributed by atoms with Crippen molar-refractivity contribution in [1.29, 1.82) is 0 Å². The van der Waals surface area contributed by atoms with Crippen molar-refractivity contribution in [2.45, 2.75) is 12.8 Å². The summed E-state index contributed by atoms with van der Waals surface area (Å²) in [4.78, 5) is 23.6. The van der Waals surface area contributed by atoms with Gasteiger partial charge in [-0.3, -0.25) is 9.59 Å². The van der Waals surface area contributed by atoms with E-state index in [-0.39, 0.29) is 19.4 Å². The van der Waals surface area contributed by atoms with E-state index in [0.29, 0.717) is 0 Å². The van der Waals surface area contributed by atoms with E-state index in [2.05, 4.69) is 27.9 Å². The van der Waals surface area contributed by atoms with Crippen molar-refractivity contribution in [2.24, 2.45) is 5.41 Å². The van der Waals surface area contributed by atoms with Crippen LogP contribution in [0.5, 0.6) is 0 Å². The maximum atomic E-state index is 11.8. The molecule has 0 saturated heterocycles. The van der Waals surface area contributed by atoms with E-state index in [0.717, 1.165) is 0 Å². The summed E-state index contributed by atoms with van der Waals surface area (Å²) in [6.07, 6.45) is 1.57. The molecule has 0 amide bonds. The van der Waals surface area contributed by atoms with Gasteiger partial charge in [-0.05, 0) is 6.42 Å². The fourth-order valence-electron chi connectivity index (χ4n) is 1.44. The first-order chi connectivity index (χ1) is 8.58. The van der Waals surface area contributed by atoms with Crippen LogP contribution in [-0.4, -0.2) is 39.9 Å². The minimum Gasteiger partial charge on any atom is -0.468 e. The smallest absolute Gasteiger partial charge is 0.324 e. The van der Waals surface area contributed by atoms with Crippen LogP contribution in [-0.2, 0) is 23.8 Å². The first-order valence-corrected chi connectivity index (χ1v) is 5.31. The van der Waals surface area contributed by atoms with Gasteiger partial charge in [0.2, 0.25) is 0 Å². The van der Waals surface area contributed by atoms with Crippen LogP contribution in [0, 0.1) is 17.3 Å². The summed E-state index contributed by atoms with van der Waals surface area (Å²) in [5.41, 5.74) is -1.45. The standard InChI is InChI=1S/C13H18O5/c1-5-8-13(11(14)17-3,12(15)18-4)9-6-7-10-16-2/h5H,1,8-10H2,2-4H3. The average Bonchev–Trinajstić information content (AvgIpc) is 2.40. The maximum Gasteiger partial charge on any atom is 0.324 e.